The van der Waals surface area contributed by atoms with Gasteiger partial charge in [0.25, 0.3) is 5.91 Å². The first-order valence-electron chi connectivity index (χ1n) is 8.54. The van der Waals surface area contributed by atoms with Crippen LogP contribution in [0.2, 0.25) is 0 Å². The molecule has 0 bridgehead atoms. The quantitative estimate of drug-likeness (QED) is 0.596. The largest absolute Gasteiger partial charge is 0.459 e. The summed E-state index contributed by atoms with van der Waals surface area (Å²) in [6, 6.07) is 8.05. The third-order valence-corrected chi connectivity index (χ3v) is 4.34. The Balaban J connectivity index is 1.90. The van der Waals surface area contributed by atoms with Crippen molar-refractivity contribution in [2.75, 3.05) is 6.54 Å². The number of amides is 3. The number of hydrogen-bond donors (Lipinski definition) is 1. The summed E-state index contributed by atoms with van der Waals surface area (Å²) in [4.78, 5) is 37.5. The Labute approximate surface area is 152 Å². The second-order valence-electron chi connectivity index (χ2n) is 7.06. The Morgan fingerprint density at radius 3 is 2.54 bits per heavy atom. The summed E-state index contributed by atoms with van der Waals surface area (Å²) in [5.41, 5.74) is 0.255. The molecule has 0 aromatic heterocycles. The normalized spacial score (nSPS) is 19.4. The van der Waals surface area contributed by atoms with E-state index < -0.39 is 30.0 Å². The summed E-state index contributed by atoms with van der Waals surface area (Å²) in [7, 11) is 0. The number of nitriles is 1. The van der Waals surface area contributed by atoms with E-state index in [-0.39, 0.29) is 6.61 Å². The summed E-state index contributed by atoms with van der Waals surface area (Å²) in [6.07, 6.45) is 1.31. The van der Waals surface area contributed by atoms with Gasteiger partial charge in [-0.25, -0.2) is 4.79 Å². The molecule has 26 heavy (non-hydrogen) atoms. The second kappa shape index (κ2) is 8.00. The molecule has 1 aromatic rings. The van der Waals surface area contributed by atoms with E-state index in [0.717, 1.165) is 16.9 Å². The number of hydrogen-bond acceptors (Lipinski definition) is 5. The molecule has 138 valence electrons. The lowest BCUT2D eigenvalue weighted by Gasteiger charge is -2.22. The van der Waals surface area contributed by atoms with Gasteiger partial charge in [0.15, 0.2) is 0 Å². The van der Waals surface area contributed by atoms with Crippen molar-refractivity contribution in [3.05, 3.63) is 35.4 Å². The molecule has 0 radical (unpaired) electrons. The van der Waals surface area contributed by atoms with Crippen LogP contribution in [0.1, 0.15) is 44.7 Å². The van der Waals surface area contributed by atoms with E-state index in [0.29, 0.717) is 17.9 Å². The SMILES string of the molecule is CC(C)CC[C@]1(C)NC(=O)N(CC(=O)OCc2ccc(C#N)cc2)C1=O. The maximum atomic E-state index is 12.5. The Morgan fingerprint density at radius 2 is 1.96 bits per heavy atom. The second-order valence-corrected chi connectivity index (χ2v) is 7.06. The van der Waals surface area contributed by atoms with E-state index in [1.54, 1.807) is 31.2 Å². The van der Waals surface area contributed by atoms with Crippen molar-refractivity contribution in [3.8, 4) is 6.07 Å². The fraction of sp³-hybridized carbons (Fsp3) is 0.474. The number of esters is 1. The number of nitrogens with one attached hydrogen (secondary N) is 1. The molecule has 1 fully saturated rings. The predicted octanol–water partition coefficient (Wildman–Crippen LogP) is 2.35. The van der Waals surface area contributed by atoms with E-state index in [4.69, 9.17) is 10.00 Å². The highest BCUT2D eigenvalue weighted by atomic mass is 16.5. The monoisotopic (exact) mass is 357 g/mol. The van der Waals surface area contributed by atoms with E-state index in [9.17, 15) is 14.4 Å². The van der Waals surface area contributed by atoms with Crippen LogP contribution in [-0.4, -0.2) is 34.9 Å². The molecule has 2 rings (SSSR count). The highest BCUT2D eigenvalue weighted by molar-refractivity contribution is 6.08. The minimum atomic E-state index is -0.977. The number of benzene rings is 1. The zero-order chi connectivity index (χ0) is 19.3. The molecule has 1 atom stereocenters. The molecular weight excluding hydrogens is 334 g/mol. The first-order valence-corrected chi connectivity index (χ1v) is 8.54. The smallest absolute Gasteiger partial charge is 0.326 e. The lowest BCUT2D eigenvalue weighted by atomic mass is 9.92. The van der Waals surface area contributed by atoms with Gasteiger partial charge in [0, 0.05) is 0 Å². The molecule has 0 spiro atoms. The molecular formula is C19H23N3O4. The van der Waals surface area contributed by atoms with Crippen LogP contribution in [0.3, 0.4) is 0 Å². The van der Waals surface area contributed by atoms with E-state index >= 15 is 0 Å². The van der Waals surface area contributed by atoms with Crippen LogP contribution in [-0.2, 0) is 20.9 Å². The maximum Gasteiger partial charge on any atom is 0.326 e. The van der Waals surface area contributed by atoms with Gasteiger partial charge in [-0.3, -0.25) is 14.5 Å². The predicted molar refractivity (Wildman–Crippen MR) is 93.7 cm³/mol. The first kappa shape index (κ1) is 19.4. The summed E-state index contributed by atoms with van der Waals surface area (Å²) in [5, 5.41) is 11.4. The first-order chi connectivity index (χ1) is 12.2. The minimum Gasteiger partial charge on any atom is -0.459 e. The van der Waals surface area contributed by atoms with Crippen LogP contribution in [0.4, 0.5) is 4.79 Å². The molecule has 7 heteroatoms. The lowest BCUT2D eigenvalue weighted by molar-refractivity contribution is -0.148. The molecule has 0 unspecified atom stereocenters. The van der Waals surface area contributed by atoms with Gasteiger partial charge in [-0.05, 0) is 43.4 Å². The van der Waals surface area contributed by atoms with Crippen molar-refractivity contribution in [3.63, 3.8) is 0 Å². The van der Waals surface area contributed by atoms with E-state index in [1.807, 2.05) is 19.9 Å². The number of carbonyl (C=O) groups excluding carboxylic acids is 3. The number of urea groups is 1. The molecule has 1 N–H and O–H groups in total. The molecule has 1 aliphatic rings. The van der Waals surface area contributed by atoms with E-state index in [2.05, 4.69) is 5.32 Å². The lowest BCUT2D eigenvalue weighted by Crippen LogP contribution is -2.44. The number of nitrogens with zero attached hydrogens (tertiary/aromatic N) is 2. The standard InChI is InChI=1S/C19H23N3O4/c1-13(2)8-9-19(3)17(24)22(18(25)21-19)11-16(23)26-12-15-6-4-14(10-20)5-7-15/h4-7,13H,8-9,11-12H2,1-3H3,(H,21,25)/t19-/m0/s1. The zero-order valence-corrected chi connectivity index (χ0v) is 15.2. The Bertz CT molecular complexity index is 736. The number of rotatable bonds is 7. The van der Waals surface area contributed by atoms with Crippen LogP contribution in [0.5, 0.6) is 0 Å². The molecule has 3 amide bonds. The summed E-state index contributed by atoms with van der Waals surface area (Å²) in [5.74, 6) is -0.660. The van der Waals surface area contributed by atoms with Crippen molar-refractivity contribution < 1.29 is 19.1 Å². The zero-order valence-electron chi connectivity index (χ0n) is 15.2. The van der Waals surface area contributed by atoms with Crippen LogP contribution in [0, 0.1) is 17.2 Å². The molecule has 7 nitrogen and oxygen atoms in total. The molecule has 1 heterocycles. The topological polar surface area (TPSA) is 99.5 Å². The molecule has 1 aromatic carbocycles. The summed E-state index contributed by atoms with van der Waals surface area (Å²) >= 11 is 0. The van der Waals surface area contributed by atoms with Gasteiger partial charge in [0.1, 0.15) is 18.7 Å². The van der Waals surface area contributed by atoms with Gasteiger partial charge in [0.2, 0.25) is 0 Å². The fourth-order valence-corrected chi connectivity index (χ4v) is 2.65. The van der Waals surface area contributed by atoms with E-state index in [1.165, 1.54) is 0 Å². The minimum absolute atomic E-state index is 0.0127. The van der Waals surface area contributed by atoms with Crippen LogP contribution < -0.4 is 5.32 Å². The summed E-state index contributed by atoms with van der Waals surface area (Å²) in [6.45, 7) is 5.36. The average molecular weight is 357 g/mol. The number of ether oxygens (including phenoxy) is 1. The van der Waals surface area contributed by atoms with Gasteiger partial charge in [-0.2, -0.15) is 5.26 Å². The maximum absolute atomic E-state index is 12.5. The van der Waals surface area contributed by atoms with Crippen LogP contribution in [0.15, 0.2) is 24.3 Å². The van der Waals surface area contributed by atoms with Crippen molar-refractivity contribution in [1.29, 1.82) is 5.26 Å². The molecule has 1 saturated heterocycles. The van der Waals surface area contributed by atoms with Gasteiger partial charge in [-0.15, -0.1) is 0 Å². The van der Waals surface area contributed by atoms with Gasteiger partial charge in [-0.1, -0.05) is 26.0 Å². The average Bonchev–Trinajstić information content (AvgIpc) is 2.82. The van der Waals surface area contributed by atoms with Crippen LogP contribution in [0.25, 0.3) is 0 Å². The van der Waals surface area contributed by atoms with Gasteiger partial charge in [0.05, 0.1) is 11.6 Å². The van der Waals surface area contributed by atoms with Crippen molar-refractivity contribution in [1.82, 2.24) is 10.2 Å². The van der Waals surface area contributed by atoms with Crippen molar-refractivity contribution >= 4 is 17.9 Å². The van der Waals surface area contributed by atoms with Crippen molar-refractivity contribution in [2.45, 2.75) is 45.8 Å². The third kappa shape index (κ3) is 4.60. The number of carbonyl (C=O) groups is 3. The Kier molecular flexibility index (Phi) is 5.98. The molecule has 0 saturated carbocycles. The fourth-order valence-electron chi connectivity index (χ4n) is 2.65. The Hall–Kier alpha value is -2.88. The Morgan fingerprint density at radius 1 is 1.31 bits per heavy atom. The van der Waals surface area contributed by atoms with Gasteiger partial charge >= 0.3 is 12.0 Å². The summed E-state index contributed by atoms with van der Waals surface area (Å²) < 4.78 is 5.13. The highest BCUT2D eigenvalue weighted by Crippen LogP contribution is 2.24. The van der Waals surface area contributed by atoms with Gasteiger partial charge < -0.3 is 10.1 Å². The van der Waals surface area contributed by atoms with Crippen LogP contribution >= 0.6 is 0 Å². The molecule has 1 aliphatic heterocycles. The van der Waals surface area contributed by atoms with Crippen molar-refractivity contribution in [2.24, 2.45) is 5.92 Å². The highest BCUT2D eigenvalue weighted by Gasteiger charge is 2.48. The number of imide groups is 1. The third-order valence-electron chi connectivity index (χ3n) is 4.34. The molecule has 0 aliphatic carbocycles.